The van der Waals surface area contributed by atoms with Gasteiger partial charge in [-0.05, 0) is 5.56 Å². The van der Waals surface area contributed by atoms with Gasteiger partial charge < -0.3 is 9.47 Å². The maximum absolute atomic E-state index is 5.49. The Labute approximate surface area is 90.6 Å². The molecule has 2 nitrogen and oxygen atoms in total. The predicted molar refractivity (Wildman–Crippen MR) is 60.7 cm³/mol. The SMILES string of the molecule is COC(CS)COCc1ccccc1. The predicted octanol–water partition coefficient (Wildman–Crippen LogP) is 2.15. The summed E-state index contributed by atoms with van der Waals surface area (Å²) >= 11 is 4.15. The van der Waals surface area contributed by atoms with Crippen LogP contribution in [0.15, 0.2) is 30.3 Å². The van der Waals surface area contributed by atoms with E-state index in [9.17, 15) is 0 Å². The molecule has 1 rings (SSSR count). The van der Waals surface area contributed by atoms with Gasteiger partial charge in [0.05, 0.1) is 19.3 Å². The van der Waals surface area contributed by atoms with Gasteiger partial charge in [-0.3, -0.25) is 0 Å². The highest BCUT2D eigenvalue weighted by molar-refractivity contribution is 7.80. The molecule has 0 fully saturated rings. The third kappa shape index (κ3) is 4.13. The summed E-state index contributed by atoms with van der Waals surface area (Å²) in [5.74, 6) is 0.686. The van der Waals surface area contributed by atoms with E-state index in [0.29, 0.717) is 19.0 Å². The lowest BCUT2D eigenvalue weighted by atomic mass is 10.2. The van der Waals surface area contributed by atoms with Crippen LogP contribution in [0.5, 0.6) is 0 Å². The van der Waals surface area contributed by atoms with Crippen molar-refractivity contribution in [2.45, 2.75) is 12.7 Å². The first kappa shape index (κ1) is 11.6. The fourth-order valence-electron chi connectivity index (χ4n) is 1.08. The van der Waals surface area contributed by atoms with Crippen molar-refractivity contribution >= 4 is 12.6 Å². The second-order valence-corrected chi connectivity index (χ2v) is 3.41. The van der Waals surface area contributed by atoms with Crippen LogP contribution in [-0.2, 0) is 16.1 Å². The lowest BCUT2D eigenvalue weighted by Crippen LogP contribution is -2.19. The van der Waals surface area contributed by atoms with E-state index in [2.05, 4.69) is 12.6 Å². The minimum Gasteiger partial charge on any atom is -0.378 e. The van der Waals surface area contributed by atoms with Crippen molar-refractivity contribution in [1.29, 1.82) is 0 Å². The van der Waals surface area contributed by atoms with E-state index < -0.39 is 0 Å². The van der Waals surface area contributed by atoms with Crippen molar-refractivity contribution in [3.63, 3.8) is 0 Å². The van der Waals surface area contributed by atoms with E-state index >= 15 is 0 Å². The lowest BCUT2D eigenvalue weighted by Gasteiger charge is -2.12. The van der Waals surface area contributed by atoms with Crippen LogP contribution in [-0.4, -0.2) is 25.6 Å². The zero-order valence-corrected chi connectivity index (χ0v) is 9.24. The largest absolute Gasteiger partial charge is 0.378 e. The molecule has 1 aromatic carbocycles. The monoisotopic (exact) mass is 212 g/mol. The summed E-state index contributed by atoms with van der Waals surface area (Å²) in [6, 6.07) is 10.1. The van der Waals surface area contributed by atoms with Gasteiger partial charge in [0.2, 0.25) is 0 Å². The molecule has 0 saturated carbocycles. The van der Waals surface area contributed by atoms with Gasteiger partial charge in [0.1, 0.15) is 0 Å². The molecule has 0 N–H and O–H groups in total. The van der Waals surface area contributed by atoms with Crippen LogP contribution in [0.2, 0.25) is 0 Å². The molecular weight excluding hydrogens is 196 g/mol. The van der Waals surface area contributed by atoms with Crippen LogP contribution in [0.1, 0.15) is 5.56 Å². The number of methoxy groups -OCH3 is 1. The van der Waals surface area contributed by atoms with E-state index in [1.165, 1.54) is 5.56 Å². The first-order chi connectivity index (χ1) is 6.86. The molecule has 0 aliphatic carbocycles. The Kier molecular flexibility index (Phi) is 5.68. The molecule has 3 heteroatoms. The average molecular weight is 212 g/mol. The topological polar surface area (TPSA) is 18.5 Å². The lowest BCUT2D eigenvalue weighted by molar-refractivity contribution is 0.0143. The Hall–Kier alpha value is -0.510. The maximum Gasteiger partial charge on any atom is 0.0892 e. The zero-order valence-electron chi connectivity index (χ0n) is 8.35. The number of rotatable bonds is 6. The first-order valence-electron chi connectivity index (χ1n) is 4.62. The van der Waals surface area contributed by atoms with E-state index in [1.54, 1.807) is 7.11 Å². The van der Waals surface area contributed by atoms with Gasteiger partial charge in [-0.25, -0.2) is 0 Å². The summed E-state index contributed by atoms with van der Waals surface area (Å²) in [5.41, 5.74) is 1.18. The summed E-state index contributed by atoms with van der Waals surface area (Å²) in [7, 11) is 1.67. The van der Waals surface area contributed by atoms with Gasteiger partial charge in [0.15, 0.2) is 0 Å². The Bertz CT molecular complexity index is 234. The van der Waals surface area contributed by atoms with Crippen molar-refractivity contribution < 1.29 is 9.47 Å². The van der Waals surface area contributed by atoms with Crippen molar-refractivity contribution in [2.75, 3.05) is 19.5 Å². The van der Waals surface area contributed by atoms with Crippen LogP contribution >= 0.6 is 12.6 Å². The maximum atomic E-state index is 5.49. The van der Waals surface area contributed by atoms with Gasteiger partial charge in [-0.15, -0.1) is 0 Å². The summed E-state index contributed by atoms with van der Waals surface area (Å²) in [4.78, 5) is 0. The van der Waals surface area contributed by atoms with Crippen molar-refractivity contribution in [3.8, 4) is 0 Å². The van der Waals surface area contributed by atoms with Gasteiger partial charge >= 0.3 is 0 Å². The summed E-state index contributed by atoms with van der Waals surface area (Å²) < 4.78 is 10.6. The summed E-state index contributed by atoms with van der Waals surface area (Å²) in [6.07, 6.45) is 0.0852. The van der Waals surface area contributed by atoms with Gasteiger partial charge in [0.25, 0.3) is 0 Å². The molecule has 0 amide bonds. The number of thiol groups is 1. The highest BCUT2D eigenvalue weighted by Gasteiger charge is 2.03. The van der Waals surface area contributed by atoms with Crippen LogP contribution in [0, 0.1) is 0 Å². The highest BCUT2D eigenvalue weighted by Crippen LogP contribution is 2.02. The molecule has 0 aliphatic rings. The normalized spacial score (nSPS) is 12.7. The number of hydrogen-bond acceptors (Lipinski definition) is 3. The van der Waals surface area contributed by atoms with Crippen LogP contribution in [0.25, 0.3) is 0 Å². The van der Waals surface area contributed by atoms with Gasteiger partial charge in [-0.1, -0.05) is 30.3 Å². The molecule has 0 aromatic heterocycles. The van der Waals surface area contributed by atoms with E-state index in [1.807, 2.05) is 30.3 Å². The Morgan fingerprint density at radius 3 is 2.57 bits per heavy atom. The molecule has 14 heavy (non-hydrogen) atoms. The molecule has 0 aliphatic heterocycles. The van der Waals surface area contributed by atoms with Crippen molar-refractivity contribution in [3.05, 3.63) is 35.9 Å². The van der Waals surface area contributed by atoms with Crippen molar-refractivity contribution in [1.82, 2.24) is 0 Å². The fourth-order valence-corrected chi connectivity index (χ4v) is 1.33. The minimum absolute atomic E-state index is 0.0852. The van der Waals surface area contributed by atoms with E-state index in [4.69, 9.17) is 9.47 Å². The zero-order chi connectivity index (χ0) is 10.2. The second-order valence-electron chi connectivity index (χ2n) is 3.04. The fraction of sp³-hybridized carbons (Fsp3) is 0.455. The van der Waals surface area contributed by atoms with Crippen LogP contribution in [0.3, 0.4) is 0 Å². The molecular formula is C11H16O2S. The molecule has 0 radical (unpaired) electrons. The Balaban J connectivity index is 2.21. The van der Waals surface area contributed by atoms with Gasteiger partial charge in [0, 0.05) is 12.9 Å². The average Bonchev–Trinajstić information content (AvgIpc) is 2.26. The number of ether oxygens (including phenoxy) is 2. The van der Waals surface area contributed by atoms with Gasteiger partial charge in [-0.2, -0.15) is 12.6 Å². The molecule has 1 unspecified atom stereocenters. The number of benzene rings is 1. The Morgan fingerprint density at radius 2 is 2.00 bits per heavy atom. The number of hydrogen-bond donors (Lipinski definition) is 1. The van der Waals surface area contributed by atoms with Crippen LogP contribution in [0.4, 0.5) is 0 Å². The van der Waals surface area contributed by atoms with Crippen LogP contribution < -0.4 is 0 Å². The van der Waals surface area contributed by atoms with Crippen molar-refractivity contribution in [2.24, 2.45) is 0 Å². The smallest absolute Gasteiger partial charge is 0.0892 e. The molecule has 0 bridgehead atoms. The quantitative estimate of drug-likeness (QED) is 0.728. The second kappa shape index (κ2) is 6.87. The molecule has 0 heterocycles. The molecule has 0 saturated heterocycles. The third-order valence-electron chi connectivity index (χ3n) is 1.95. The first-order valence-corrected chi connectivity index (χ1v) is 5.25. The molecule has 0 spiro atoms. The molecule has 1 atom stereocenters. The van der Waals surface area contributed by atoms with E-state index in [-0.39, 0.29) is 6.10 Å². The molecule has 78 valence electrons. The Morgan fingerprint density at radius 1 is 1.29 bits per heavy atom. The van der Waals surface area contributed by atoms with E-state index in [0.717, 1.165) is 0 Å². The summed E-state index contributed by atoms with van der Waals surface area (Å²) in [6.45, 7) is 1.23. The molecule has 1 aromatic rings. The summed E-state index contributed by atoms with van der Waals surface area (Å²) in [5, 5.41) is 0. The standard InChI is InChI=1S/C11H16O2S/c1-12-11(9-14)8-13-7-10-5-3-2-4-6-10/h2-6,11,14H,7-9H2,1H3. The third-order valence-corrected chi connectivity index (χ3v) is 2.36. The minimum atomic E-state index is 0.0852. The highest BCUT2D eigenvalue weighted by atomic mass is 32.1.